The lowest BCUT2D eigenvalue weighted by Crippen LogP contribution is -2.47. The quantitative estimate of drug-likeness (QED) is 0.579. The summed E-state index contributed by atoms with van der Waals surface area (Å²) >= 11 is 0. The molecule has 0 unspecified atom stereocenters. The summed E-state index contributed by atoms with van der Waals surface area (Å²) in [5, 5.41) is 19.1. The van der Waals surface area contributed by atoms with Gasteiger partial charge >= 0.3 is 0 Å². The molecule has 4 rings (SSSR count). The Hall–Kier alpha value is -2.88. The summed E-state index contributed by atoms with van der Waals surface area (Å²) in [7, 11) is 2.08. The standard InChI is InChI=1S/C26H36N6O3/c1-19-14-31(20(2)17-33)26(34)7-5-11-32-23(13-28-29-32)18-35-25(19)16-30(3)15-21-8-9-22-6-4-10-27-24(22)12-21/h4,6,8-10,12-13,19-20,25,33H,5,7,11,14-18H2,1-3H3/t19-,20+,25+/m0/s1. The van der Waals surface area contributed by atoms with Gasteiger partial charge in [-0.2, -0.15) is 0 Å². The third kappa shape index (κ3) is 6.42. The summed E-state index contributed by atoms with van der Waals surface area (Å²) in [5.74, 6) is 0.119. The van der Waals surface area contributed by atoms with Gasteiger partial charge in [-0.15, -0.1) is 5.10 Å². The number of benzene rings is 1. The van der Waals surface area contributed by atoms with Crippen molar-refractivity contribution >= 4 is 16.8 Å². The van der Waals surface area contributed by atoms with Gasteiger partial charge in [-0.25, -0.2) is 4.68 Å². The first kappa shape index (κ1) is 25.2. The minimum atomic E-state index is -0.238. The number of pyridine rings is 1. The van der Waals surface area contributed by atoms with Crippen molar-refractivity contribution in [2.45, 2.75) is 58.5 Å². The maximum Gasteiger partial charge on any atom is 0.222 e. The van der Waals surface area contributed by atoms with Crippen molar-refractivity contribution in [1.82, 2.24) is 29.8 Å². The van der Waals surface area contributed by atoms with E-state index >= 15 is 0 Å². The molecule has 0 fully saturated rings. The molecular weight excluding hydrogens is 444 g/mol. The second-order valence-electron chi connectivity index (χ2n) is 9.68. The van der Waals surface area contributed by atoms with Gasteiger partial charge in [-0.05, 0) is 38.1 Å². The van der Waals surface area contributed by atoms with E-state index in [9.17, 15) is 9.90 Å². The largest absolute Gasteiger partial charge is 0.394 e. The summed E-state index contributed by atoms with van der Waals surface area (Å²) in [5.41, 5.74) is 3.09. The van der Waals surface area contributed by atoms with Crippen LogP contribution in [0.3, 0.4) is 0 Å². The second kappa shape index (κ2) is 11.7. The van der Waals surface area contributed by atoms with Crippen LogP contribution in [0.2, 0.25) is 0 Å². The molecule has 2 aromatic heterocycles. The molecule has 0 aliphatic carbocycles. The summed E-state index contributed by atoms with van der Waals surface area (Å²) in [6, 6.07) is 10.1. The van der Waals surface area contributed by atoms with E-state index in [0.717, 1.165) is 23.1 Å². The number of aliphatic hydroxyl groups is 1. The van der Waals surface area contributed by atoms with E-state index in [2.05, 4.69) is 58.4 Å². The number of aliphatic hydroxyl groups excluding tert-OH is 1. The van der Waals surface area contributed by atoms with Crippen molar-refractivity contribution in [3.05, 3.63) is 54.0 Å². The van der Waals surface area contributed by atoms with E-state index < -0.39 is 0 Å². The van der Waals surface area contributed by atoms with Crippen molar-refractivity contribution in [2.24, 2.45) is 5.92 Å². The maximum atomic E-state index is 13.0. The number of hydrogen-bond donors (Lipinski definition) is 1. The molecule has 35 heavy (non-hydrogen) atoms. The molecule has 0 bridgehead atoms. The van der Waals surface area contributed by atoms with Crippen molar-refractivity contribution in [3.8, 4) is 0 Å². The Balaban J connectivity index is 1.51. The molecule has 0 saturated heterocycles. The number of amides is 1. The third-order valence-corrected chi connectivity index (χ3v) is 6.75. The number of likely N-dealkylation sites (N-methyl/N-ethyl adjacent to an activating group) is 1. The van der Waals surface area contributed by atoms with Gasteiger partial charge in [0.1, 0.15) is 0 Å². The lowest BCUT2D eigenvalue weighted by Gasteiger charge is -2.35. The first-order valence-electron chi connectivity index (χ1n) is 12.4. The van der Waals surface area contributed by atoms with Gasteiger partial charge < -0.3 is 14.7 Å². The smallest absolute Gasteiger partial charge is 0.222 e. The van der Waals surface area contributed by atoms with Crippen LogP contribution in [0.1, 0.15) is 37.9 Å². The van der Waals surface area contributed by atoms with Crippen LogP contribution in [-0.4, -0.2) is 79.7 Å². The number of fused-ring (bicyclic) bond motifs is 2. The number of hydrogen-bond acceptors (Lipinski definition) is 7. The topological polar surface area (TPSA) is 96.6 Å². The van der Waals surface area contributed by atoms with Crippen LogP contribution in [-0.2, 0) is 29.2 Å². The van der Waals surface area contributed by atoms with Gasteiger partial charge in [0.15, 0.2) is 0 Å². The minimum Gasteiger partial charge on any atom is -0.394 e. The van der Waals surface area contributed by atoms with E-state index in [-0.39, 0.29) is 30.6 Å². The van der Waals surface area contributed by atoms with E-state index in [0.29, 0.717) is 39.1 Å². The van der Waals surface area contributed by atoms with E-state index in [1.54, 1.807) is 11.1 Å². The van der Waals surface area contributed by atoms with Gasteiger partial charge in [0, 0.05) is 50.1 Å². The Morgan fingerprint density at radius 3 is 3.00 bits per heavy atom. The van der Waals surface area contributed by atoms with Crippen molar-refractivity contribution in [3.63, 3.8) is 0 Å². The molecule has 3 aromatic rings. The second-order valence-corrected chi connectivity index (χ2v) is 9.68. The third-order valence-electron chi connectivity index (χ3n) is 6.75. The van der Waals surface area contributed by atoms with Gasteiger partial charge in [-0.3, -0.25) is 14.7 Å². The van der Waals surface area contributed by atoms with Crippen molar-refractivity contribution in [2.75, 3.05) is 26.7 Å². The highest BCUT2D eigenvalue weighted by molar-refractivity contribution is 5.78. The predicted molar refractivity (Wildman–Crippen MR) is 133 cm³/mol. The molecule has 0 saturated carbocycles. The van der Waals surface area contributed by atoms with E-state index in [4.69, 9.17) is 4.74 Å². The number of aryl methyl sites for hydroxylation is 1. The van der Waals surface area contributed by atoms with Crippen LogP contribution in [0, 0.1) is 5.92 Å². The van der Waals surface area contributed by atoms with Crippen LogP contribution in [0.15, 0.2) is 42.7 Å². The molecule has 1 N–H and O–H groups in total. The molecule has 9 heteroatoms. The molecule has 1 amide bonds. The number of nitrogens with zero attached hydrogens (tertiary/aromatic N) is 6. The average molecular weight is 481 g/mol. The summed E-state index contributed by atoms with van der Waals surface area (Å²) in [6.45, 7) is 6.96. The van der Waals surface area contributed by atoms with Crippen LogP contribution in [0.4, 0.5) is 0 Å². The van der Waals surface area contributed by atoms with Gasteiger partial charge in [0.2, 0.25) is 5.91 Å². The SMILES string of the molecule is C[C@H](CO)N1C[C@H](C)[C@@H](CN(C)Cc2ccc3cccnc3c2)OCc2cnnn2CCCC1=O. The molecular formula is C26H36N6O3. The molecule has 3 atom stereocenters. The first-order chi connectivity index (χ1) is 16.9. The number of carbonyl (C=O) groups excluding carboxylic acids is 1. The van der Waals surface area contributed by atoms with Crippen molar-refractivity contribution in [1.29, 1.82) is 0 Å². The first-order valence-corrected chi connectivity index (χ1v) is 12.4. The monoisotopic (exact) mass is 480 g/mol. The molecule has 9 nitrogen and oxygen atoms in total. The van der Waals surface area contributed by atoms with Crippen molar-refractivity contribution < 1.29 is 14.6 Å². The molecule has 1 aliphatic heterocycles. The molecule has 3 heterocycles. The van der Waals surface area contributed by atoms with Crippen LogP contribution < -0.4 is 0 Å². The zero-order valence-electron chi connectivity index (χ0n) is 20.9. The molecule has 1 aromatic carbocycles. The highest BCUT2D eigenvalue weighted by Gasteiger charge is 2.28. The summed E-state index contributed by atoms with van der Waals surface area (Å²) < 4.78 is 8.25. The Morgan fingerprint density at radius 2 is 2.17 bits per heavy atom. The van der Waals surface area contributed by atoms with Gasteiger partial charge in [0.05, 0.1) is 42.8 Å². The predicted octanol–water partition coefficient (Wildman–Crippen LogP) is 2.48. The zero-order valence-corrected chi connectivity index (χ0v) is 20.9. The normalized spacial score (nSPS) is 20.9. The summed E-state index contributed by atoms with van der Waals surface area (Å²) in [6.07, 6.45) is 4.52. The summed E-state index contributed by atoms with van der Waals surface area (Å²) in [4.78, 5) is 21.5. The van der Waals surface area contributed by atoms with Gasteiger partial charge in [-0.1, -0.05) is 30.3 Å². The van der Waals surface area contributed by atoms with Gasteiger partial charge in [0.25, 0.3) is 0 Å². The molecule has 0 spiro atoms. The number of rotatable bonds is 6. The molecule has 1 aliphatic rings. The highest BCUT2D eigenvalue weighted by atomic mass is 16.5. The highest BCUT2D eigenvalue weighted by Crippen LogP contribution is 2.20. The Labute approximate surface area is 206 Å². The Kier molecular flexibility index (Phi) is 8.43. The fraction of sp³-hybridized carbons (Fsp3) is 0.538. The number of aromatic nitrogens is 4. The zero-order chi connectivity index (χ0) is 24.8. The Bertz CT molecular complexity index is 1120. The Morgan fingerprint density at radius 1 is 1.31 bits per heavy atom. The van der Waals surface area contributed by atoms with Crippen LogP contribution >= 0.6 is 0 Å². The number of carbonyl (C=O) groups is 1. The fourth-order valence-electron chi connectivity index (χ4n) is 4.64. The lowest BCUT2D eigenvalue weighted by molar-refractivity contribution is -0.136. The van der Waals surface area contributed by atoms with Crippen LogP contribution in [0.25, 0.3) is 10.9 Å². The van der Waals surface area contributed by atoms with E-state index in [1.807, 2.05) is 23.9 Å². The lowest BCUT2D eigenvalue weighted by atomic mass is 10.0. The average Bonchev–Trinajstić information content (AvgIpc) is 3.30. The van der Waals surface area contributed by atoms with E-state index in [1.165, 1.54) is 5.56 Å². The fourth-order valence-corrected chi connectivity index (χ4v) is 4.64. The number of ether oxygens (including phenoxy) is 1. The molecule has 0 radical (unpaired) electrons. The maximum absolute atomic E-state index is 13.0. The minimum absolute atomic E-state index is 0.0522. The van der Waals surface area contributed by atoms with Crippen LogP contribution in [0.5, 0.6) is 0 Å². The molecule has 188 valence electrons.